The molecule has 0 heterocycles. The molecule has 6 heteroatoms. The summed E-state index contributed by atoms with van der Waals surface area (Å²) in [4.78, 5) is 21.2. The van der Waals surface area contributed by atoms with Gasteiger partial charge in [-0.1, -0.05) is 6.07 Å². The van der Waals surface area contributed by atoms with Crippen molar-refractivity contribution in [1.82, 2.24) is 5.32 Å². The van der Waals surface area contributed by atoms with E-state index in [-0.39, 0.29) is 23.3 Å². The van der Waals surface area contributed by atoms with E-state index in [2.05, 4.69) is 5.32 Å². The number of carbonyl (C=O) groups excluding carboxylic acids is 1. The number of ketones is 1. The number of carbonyl (C=O) groups is 1. The minimum absolute atomic E-state index is 0.0387. The van der Waals surface area contributed by atoms with Crippen LogP contribution < -0.4 is 5.32 Å². The van der Waals surface area contributed by atoms with E-state index in [9.17, 15) is 20.0 Å². The van der Waals surface area contributed by atoms with E-state index in [4.69, 9.17) is 0 Å². The van der Waals surface area contributed by atoms with Gasteiger partial charge in [0.1, 0.15) is 5.78 Å². The van der Waals surface area contributed by atoms with E-state index in [1.54, 1.807) is 13.1 Å². The summed E-state index contributed by atoms with van der Waals surface area (Å²) in [7, 11) is 1.65. The summed E-state index contributed by atoms with van der Waals surface area (Å²) >= 11 is 0. The van der Waals surface area contributed by atoms with Crippen LogP contribution in [-0.2, 0) is 11.2 Å². The highest BCUT2D eigenvalue weighted by molar-refractivity contribution is 5.81. The average molecular weight is 238 g/mol. The number of nitrogens with zero attached hydrogens (tertiary/aromatic N) is 1. The maximum absolute atomic E-state index is 11.2. The van der Waals surface area contributed by atoms with Crippen LogP contribution >= 0.6 is 0 Å². The number of aromatic hydroxyl groups is 1. The molecule has 0 bridgehead atoms. The highest BCUT2D eigenvalue weighted by atomic mass is 16.6. The van der Waals surface area contributed by atoms with Gasteiger partial charge < -0.3 is 10.4 Å². The van der Waals surface area contributed by atoms with Crippen LogP contribution in [0.2, 0.25) is 0 Å². The SMILES string of the molecule is CN[C@@H](Cc1ccc(O)c([N+](=O)[O-])c1)C(C)=O. The molecule has 92 valence electrons. The summed E-state index contributed by atoms with van der Waals surface area (Å²) in [6, 6.07) is 3.73. The number of rotatable bonds is 5. The fourth-order valence-electron chi connectivity index (χ4n) is 1.53. The van der Waals surface area contributed by atoms with Crippen molar-refractivity contribution in [1.29, 1.82) is 0 Å². The van der Waals surface area contributed by atoms with E-state index in [1.807, 2.05) is 0 Å². The van der Waals surface area contributed by atoms with Crippen molar-refractivity contribution in [3.63, 3.8) is 0 Å². The Hall–Kier alpha value is -1.95. The van der Waals surface area contributed by atoms with E-state index >= 15 is 0 Å². The smallest absolute Gasteiger partial charge is 0.310 e. The summed E-state index contributed by atoms with van der Waals surface area (Å²) < 4.78 is 0. The van der Waals surface area contributed by atoms with Gasteiger partial charge >= 0.3 is 5.69 Å². The third-order valence-corrected chi connectivity index (χ3v) is 2.52. The maximum Gasteiger partial charge on any atom is 0.310 e. The zero-order chi connectivity index (χ0) is 13.0. The molecular formula is C11H14N2O4. The molecule has 0 aliphatic heterocycles. The van der Waals surface area contributed by atoms with Gasteiger partial charge in [0.15, 0.2) is 5.75 Å². The first-order valence-electron chi connectivity index (χ1n) is 5.09. The van der Waals surface area contributed by atoms with Crippen LogP contribution in [0.3, 0.4) is 0 Å². The average Bonchev–Trinajstić information content (AvgIpc) is 2.27. The standard InChI is InChI=1S/C11H14N2O4/c1-7(14)9(12-2)5-8-3-4-11(15)10(6-8)13(16)17/h3-4,6,9,12,15H,5H2,1-2H3/t9-/m0/s1. The number of likely N-dealkylation sites (N-methyl/N-ethyl adjacent to an activating group) is 1. The summed E-state index contributed by atoms with van der Waals surface area (Å²) in [5.74, 6) is -0.411. The van der Waals surface area contributed by atoms with E-state index in [1.165, 1.54) is 19.1 Å². The molecule has 1 aromatic rings. The fraction of sp³-hybridized carbons (Fsp3) is 0.364. The largest absolute Gasteiger partial charge is 0.502 e. The lowest BCUT2D eigenvalue weighted by Crippen LogP contribution is -2.34. The van der Waals surface area contributed by atoms with Gasteiger partial charge in [-0.25, -0.2) is 0 Å². The second kappa shape index (κ2) is 5.40. The molecule has 0 aromatic heterocycles. The Morgan fingerprint density at radius 1 is 1.59 bits per heavy atom. The molecule has 0 spiro atoms. The Balaban J connectivity index is 2.96. The highest BCUT2D eigenvalue weighted by Gasteiger charge is 2.17. The Bertz CT molecular complexity index is 445. The number of hydrogen-bond donors (Lipinski definition) is 2. The number of nitro benzene ring substituents is 1. The Morgan fingerprint density at radius 3 is 2.71 bits per heavy atom. The van der Waals surface area contributed by atoms with Crippen LogP contribution in [-0.4, -0.2) is 28.9 Å². The lowest BCUT2D eigenvalue weighted by Gasteiger charge is -2.12. The zero-order valence-corrected chi connectivity index (χ0v) is 9.64. The number of nitrogens with one attached hydrogen (secondary N) is 1. The van der Waals surface area contributed by atoms with Gasteiger partial charge in [-0.05, 0) is 32.0 Å². The first kappa shape index (κ1) is 13.1. The van der Waals surface area contributed by atoms with Gasteiger partial charge in [-0.15, -0.1) is 0 Å². The molecule has 0 saturated carbocycles. The second-order valence-electron chi connectivity index (χ2n) is 3.74. The van der Waals surface area contributed by atoms with E-state index in [0.717, 1.165) is 0 Å². The third-order valence-electron chi connectivity index (χ3n) is 2.52. The number of phenols is 1. The molecular weight excluding hydrogens is 224 g/mol. The number of nitro groups is 1. The molecule has 0 aliphatic rings. The lowest BCUT2D eigenvalue weighted by atomic mass is 10.0. The quantitative estimate of drug-likeness (QED) is 0.590. The number of Topliss-reactive ketones (excluding diaryl/α,β-unsaturated/α-hetero) is 1. The summed E-state index contributed by atoms with van der Waals surface area (Å²) in [6.45, 7) is 1.45. The molecule has 0 radical (unpaired) electrons. The summed E-state index contributed by atoms with van der Waals surface area (Å²) in [5.41, 5.74) is 0.282. The van der Waals surface area contributed by atoms with Crippen LogP contribution in [0.15, 0.2) is 18.2 Å². The van der Waals surface area contributed by atoms with E-state index in [0.29, 0.717) is 12.0 Å². The minimum Gasteiger partial charge on any atom is -0.502 e. The highest BCUT2D eigenvalue weighted by Crippen LogP contribution is 2.26. The van der Waals surface area contributed by atoms with Crippen molar-refractivity contribution in [3.8, 4) is 5.75 Å². The molecule has 2 N–H and O–H groups in total. The van der Waals surface area contributed by atoms with Gasteiger partial charge in [0.25, 0.3) is 0 Å². The van der Waals surface area contributed by atoms with Crippen LogP contribution in [0.1, 0.15) is 12.5 Å². The van der Waals surface area contributed by atoms with Gasteiger partial charge in [-0.2, -0.15) is 0 Å². The van der Waals surface area contributed by atoms with Gasteiger partial charge in [0.2, 0.25) is 0 Å². The van der Waals surface area contributed by atoms with Crippen molar-refractivity contribution < 1.29 is 14.8 Å². The molecule has 6 nitrogen and oxygen atoms in total. The van der Waals surface area contributed by atoms with Gasteiger partial charge in [0, 0.05) is 6.07 Å². The van der Waals surface area contributed by atoms with Crippen molar-refractivity contribution >= 4 is 11.5 Å². The Kier molecular flexibility index (Phi) is 4.17. The Morgan fingerprint density at radius 2 is 2.24 bits per heavy atom. The normalized spacial score (nSPS) is 12.1. The zero-order valence-electron chi connectivity index (χ0n) is 9.64. The molecule has 0 aliphatic carbocycles. The Labute approximate surface area is 98.4 Å². The minimum atomic E-state index is -0.652. The van der Waals surface area contributed by atoms with E-state index < -0.39 is 4.92 Å². The lowest BCUT2D eigenvalue weighted by molar-refractivity contribution is -0.385. The third kappa shape index (κ3) is 3.25. The maximum atomic E-state index is 11.2. The number of benzene rings is 1. The molecule has 17 heavy (non-hydrogen) atoms. The first-order chi connectivity index (χ1) is 7.95. The van der Waals surface area contributed by atoms with Crippen molar-refractivity contribution in [3.05, 3.63) is 33.9 Å². The fourth-order valence-corrected chi connectivity index (χ4v) is 1.53. The number of phenolic OH excluding ortho intramolecular Hbond substituents is 1. The second-order valence-corrected chi connectivity index (χ2v) is 3.74. The molecule has 1 aromatic carbocycles. The van der Waals surface area contributed by atoms with Gasteiger partial charge in [0.05, 0.1) is 11.0 Å². The predicted octanol–water partition coefficient (Wildman–Crippen LogP) is 1.02. The van der Waals surface area contributed by atoms with Crippen molar-refractivity contribution in [2.45, 2.75) is 19.4 Å². The first-order valence-corrected chi connectivity index (χ1v) is 5.09. The topological polar surface area (TPSA) is 92.5 Å². The van der Waals surface area contributed by atoms with Crippen LogP contribution in [0.5, 0.6) is 5.75 Å². The predicted molar refractivity (Wildman–Crippen MR) is 62.0 cm³/mol. The molecule has 0 fully saturated rings. The number of hydrogen-bond acceptors (Lipinski definition) is 5. The molecule has 0 saturated heterocycles. The molecule has 0 unspecified atom stereocenters. The van der Waals surface area contributed by atoms with Crippen molar-refractivity contribution in [2.24, 2.45) is 0 Å². The van der Waals surface area contributed by atoms with Crippen LogP contribution in [0.25, 0.3) is 0 Å². The molecule has 0 amide bonds. The van der Waals surface area contributed by atoms with Gasteiger partial charge in [-0.3, -0.25) is 14.9 Å². The summed E-state index contributed by atoms with van der Waals surface area (Å²) in [5, 5.41) is 22.7. The van der Waals surface area contributed by atoms with Crippen LogP contribution in [0, 0.1) is 10.1 Å². The van der Waals surface area contributed by atoms with Crippen molar-refractivity contribution in [2.75, 3.05) is 7.05 Å². The summed E-state index contributed by atoms with van der Waals surface area (Å²) in [6.07, 6.45) is 0.354. The molecule has 1 atom stereocenters. The molecule has 1 rings (SSSR count). The van der Waals surface area contributed by atoms with Crippen LogP contribution in [0.4, 0.5) is 5.69 Å². The monoisotopic (exact) mass is 238 g/mol.